The number of esters is 1. The van der Waals surface area contributed by atoms with Gasteiger partial charge in [0, 0.05) is 36.9 Å². The molecule has 0 aromatic heterocycles. The van der Waals surface area contributed by atoms with Gasteiger partial charge < -0.3 is 29.3 Å². The third-order valence-electron chi connectivity index (χ3n) is 9.40. The van der Waals surface area contributed by atoms with E-state index in [1.54, 1.807) is 29.0 Å². The highest BCUT2D eigenvalue weighted by atomic mass is 79.9. The molecule has 10 nitrogen and oxygen atoms in total. The first kappa shape index (κ1) is 34.8. The van der Waals surface area contributed by atoms with Crippen LogP contribution in [-0.2, 0) is 28.7 Å². The highest BCUT2D eigenvalue weighted by Gasteiger charge is 2.77. The third-order valence-corrected chi connectivity index (χ3v) is 10.2. The Hall–Kier alpha value is -3.02. The van der Waals surface area contributed by atoms with Crippen molar-refractivity contribution in [2.24, 2.45) is 11.8 Å². The minimum absolute atomic E-state index is 0.0798. The Balaban J connectivity index is 1.71. The number of aliphatic hydroxyl groups excluding tert-OH is 1. The average Bonchev–Trinajstić information content (AvgIpc) is 3.59. The standard InChI is InChI=1S/C34H46BrN3O7/c1-8-10-16-24(40)36(7)21(3)27(22-14-12-11-13-15-22)44-32(43)25-26-30(41)37(18-19-39)29(34(26)20-23(35)28(25)45-34)31(42)38(17-9-2)33(4,5)6/h8-9,11-15,21,23,25-29,39H,1-2,10,16-20H2,3-7H3/t21-,23?,25-,26+,27+,28-,29-,34+/m1/s1. The molecule has 1 N–H and O–H groups in total. The van der Waals surface area contributed by atoms with Gasteiger partial charge >= 0.3 is 5.97 Å². The first-order valence-electron chi connectivity index (χ1n) is 15.5. The van der Waals surface area contributed by atoms with E-state index >= 15 is 0 Å². The molecule has 3 aliphatic heterocycles. The van der Waals surface area contributed by atoms with Crippen molar-refractivity contribution in [2.45, 2.75) is 87.2 Å². The number of amides is 3. The Morgan fingerprint density at radius 2 is 1.89 bits per heavy atom. The van der Waals surface area contributed by atoms with Crippen LogP contribution in [0.25, 0.3) is 0 Å². The van der Waals surface area contributed by atoms with Crippen LogP contribution in [0.1, 0.15) is 58.6 Å². The number of likely N-dealkylation sites (N-methyl/N-ethyl adjacent to an activating group) is 1. The number of benzene rings is 1. The molecule has 1 unspecified atom stereocenters. The second kappa shape index (κ2) is 13.8. The molecule has 3 saturated heterocycles. The van der Waals surface area contributed by atoms with Gasteiger partial charge in [-0.3, -0.25) is 19.2 Å². The summed E-state index contributed by atoms with van der Waals surface area (Å²) in [7, 11) is 1.68. The number of allylic oxidation sites excluding steroid dienone is 1. The predicted octanol–water partition coefficient (Wildman–Crippen LogP) is 3.64. The Morgan fingerprint density at radius 3 is 2.47 bits per heavy atom. The fourth-order valence-corrected chi connectivity index (χ4v) is 8.06. The summed E-state index contributed by atoms with van der Waals surface area (Å²) in [5.41, 5.74) is -1.18. The van der Waals surface area contributed by atoms with Crippen LogP contribution >= 0.6 is 15.9 Å². The molecular weight excluding hydrogens is 642 g/mol. The van der Waals surface area contributed by atoms with Gasteiger partial charge in [0.1, 0.15) is 17.7 Å². The van der Waals surface area contributed by atoms with E-state index in [1.165, 1.54) is 4.90 Å². The van der Waals surface area contributed by atoms with Gasteiger partial charge in [0.25, 0.3) is 0 Å². The van der Waals surface area contributed by atoms with Crippen LogP contribution < -0.4 is 0 Å². The number of ether oxygens (including phenoxy) is 2. The molecule has 3 aliphatic rings. The third kappa shape index (κ3) is 6.36. The molecule has 0 saturated carbocycles. The van der Waals surface area contributed by atoms with Crippen molar-refractivity contribution in [1.82, 2.24) is 14.7 Å². The Labute approximate surface area is 274 Å². The normalized spacial score (nSPS) is 28.3. The van der Waals surface area contributed by atoms with Crippen molar-refractivity contribution in [3.8, 4) is 0 Å². The maximum Gasteiger partial charge on any atom is 0.313 e. The van der Waals surface area contributed by atoms with E-state index in [1.807, 2.05) is 58.0 Å². The summed E-state index contributed by atoms with van der Waals surface area (Å²) >= 11 is 3.69. The molecule has 1 aromatic carbocycles. The van der Waals surface area contributed by atoms with Crippen molar-refractivity contribution in [1.29, 1.82) is 0 Å². The van der Waals surface area contributed by atoms with E-state index in [-0.39, 0.29) is 42.8 Å². The SMILES string of the molecule is C=CCCC(=O)N(C)[C@H](C)[C@H](OC(=O)[C@H]1[C@@H]2O[C@@]3(CC2Br)[C@@H]1C(=O)N(CCO)[C@@H]3C(=O)N(CC=C)C(C)(C)C)c1ccccc1. The Morgan fingerprint density at radius 1 is 1.22 bits per heavy atom. The summed E-state index contributed by atoms with van der Waals surface area (Å²) in [6.45, 7) is 14.9. The summed E-state index contributed by atoms with van der Waals surface area (Å²) in [6.07, 6.45) is 2.91. The average molecular weight is 689 g/mol. The number of β-amino-alcohol motifs (C(OH)–C–C–N with tert-alkyl or cyclic N) is 1. The molecule has 0 aliphatic carbocycles. The molecule has 0 radical (unpaired) electrons. The van der Waals surface area contributed by atoms with Gasteiger partial charge in [0.05, 0.1) is 30.6 Å². The predicted molar refractivity (Wildman–Crippen MR) is 173 cm³/mol. The highest BCUT2D eigenvalue weighted by molar-refractivity contribution is 9.09. The van der Waals surface area contributed by atoms with E-state index < -0.39 is 59.1 Å². The first-order chi connectivity index (χ1) is 21.2. The van der Waals surface area contributed by atoms with Gasteiger partial charge in [-0.2, -0.15) is 0 Å². The summed E-state index contributed by atoms with van der Waals surface area (Å²) < 4.78 is 12.9. The largest absolute Gasteiger partial charge is 0.455 e. The molecule has 246 valence electrons. The van der Waals surface area contributed by atoms with Gasteiger partial charge in [0.15, 0.2) is 0 Å². The van der Waals surface area contributed by atoms with Crippen LogP contribution in [0.2, 0.25) is 0 Å². The monoisotopic (exact) mass is 687 g/mol. The first-order valence-corrected chi connectivity index (χ1v) is 16.4. The summed E-state index contributed by atoms with van der Waals surface area (Å²) in [4.78, 5) is 60.0. The number of carbonyl (C=O) groups is 4. The van der Waals surface area contributed by atoms with Gasteiger partial charge in [-0.05, 0) is 46.1 Å². The number of rotatable bonds is 13. The van der Waals surface area contributed by atoms with Crippen LogP contribution in [0.4, 0.5) is 0 Å². The number of likely N-dealkylation sites (tertiary alicyclic amines) is 1. The topological polar surface area (TPSA) is 117 Å². The van der Waals surface area contributed by atoms with Crippen LogP contribution in [0, 0.1) is 11.8 Å². The molecular formula is C34H46BrN3O7. The molecule has 3 fully saturated rings. The van der Waals surface area contributed by atoms with Gasteiger partial charge in [-0.25, -0.2) is 0 Å². The van der Waals surface area contributed by atoms with Gasteiger partial charge in [-0.15, -0.1) is 13.2 Å². The number of nitrogens with zero attached hydrogens (tertiary/aromatic N) is 3. The van der Waals surface area contributed by atoms with Crippen molar-refractivity contribution in [2.75, 3.05) is 26.7 Å². The van der Waals surface area contributed by atoms with E-state index in [0.29, 0.717) is 18.4 Å². The lowest BCUT2D eigenvalue weighted by Crippen LogP contribution is -2.60. The molecule has 1 spiro atoms. The molecule has 11 heteroatoms. The number of hydrogen-bond acceptors (Lipinski definition) is 7. The number of alkyl halides is 1. The van der Waals surface area contributed by atoms with Crippen molar-refractivity contribution in [3.05, 3.63) is 61.2 Å². The molecule has 2 bridgehead atoms. The van der Waals surface area contributed by atoms with E-state index in [2.05, 4.69) is 29.1 Å². The van der Waals surface area contributed by atoms with Crippen molar-refractivity contribution < 1.29 is 33.8 Å². The smallest absolute Gasteiger partial charge is 0.313 e. The fourth-order valence-electron chi connectivity index (χ4n) is 7.12. The lowest BCUT2D eigenvalue weighted by molar-refractivity contribution is -0.164. The zero-order valence-corrected chi connectivity index (χ0v) is 28.4. The number of carbonyl (C=O) groups excluding carboxylic acids is 4. The summed E-state index contributed by atoms with van der Waals surface area (Å²) in [6, 6.07) is 7.62. The summed E-state index contributed by atoms with van der Waals surface area (Å²) in [5.74, 6) is -3.47. The quantitative estimate of drug-likeness (QED) is 0.191. The van der Waals surface area contributed by atoms with Crippen molar-refractivity contribution >= 4 is 39.6 Å². The van der Waals surface area contributed by atoms with Crippen LogP contribution in [0.3, 0.4) is 0 Å². The van der Waals surface area contributed by atoms with Gasteiger partial charge in [-0.1, -0.05) is 58.4 Å². The minimum atomic E-state index is -1.29. The van der Waals surface area contributed by atoms with Crippen LogP contribution in [0.5, 0.6) is 0 Å². The fraction of sp³-hybridized carbons (Fsp3) is 0.588. The lowest BCUT2D eigenvalue weighted by atomic mass is 9.70. The van der Waals surface area contributed by atoms with Crippen molar-refractivity contribution in [3.63, 3.8) is 0 Å². The number of hydrogen-bond donors (Lipinski definition) is 1. The van der Waals surface area contributed by atoms with Crippen LogP contribution in [0.15, 0.2) is 55.6 Å². The molecule has 1 aromatic rings. The van der Waals surface area contributed by atoms with E-state index in [4.69, 9.17) is 9.47 Å². The highest BCUT2D eigenvalue weighted by Crippen LogP contribution is 2.60. The van der Waals surface area contributed by atoms with Gasteiger partial charge in [0.2, 0.25) is 17.7 Å². The van der Waals surface area contributed by atoms with E-state index in [0.717, 1.165) is 0 Å². The molecule has 3 amide bonds. The molecule has 4 rings (SSSR count). The maximum absolute atomic E-state index is 14.3. The maximum atomic E-state index is 14.3. The summed E-state index contributed by atoms with van der Waals surface area (Å²) in [5, 5.41) is 9.95. The second-order valence-corrected chi connectivity index (χ2v) is 14.3. The zero-order valence-electron chi connectivity index (χ0n) is 26.9. The molecule has 8 atom stereocenters. The molecule has 45 heavy (non-hydrogen) atoms. The van der Waals surface area contributed by atoms with E-state index in [9.17, 15) is 24.3 Å². The molecule has 3 heterocycles. The Kier molecular flexibility index (Phi) is 10.7. The number of aliphatic hydroxyl groups is 1. The lowest BCUT2D eigenvalue weighted by Gasteiger charge is -2.42. The minimum Gasteiger partial charge on any atom is -0.455 e. The number of fused-ring (bicyclic) bond motifs is 1. The second-order valence-electron chi connectivity index (χ2n) is 13.2. The Bertz CT molecular complexity index is 1300. The zero-order chi connectivity index (χ0) is 33.3. The number of halogens is 1. The van der Waals surface area contributed by atoms with Crippen LogP contribution in [-0.4, -0.2) is 104 Å².